The highest BCUT2D eigenvalue weighted by atomic mass is 16.1. The van der Waals surface area contributed by atoms with Crippen molar-refractivity contribution in [3.05, 3.63) is 48.0 Å². The van der Waals surface area contributed by atoms with Gasteiger partial charge < -0.3 is 4.39 Å². The highest BCUT2D eigenvalue weighted by molar-refractivity contribution is 6.35. The fourth-order valence-corrected chi connectivity index (χ4v) is 1.62. The number of nitrogens with zero attached hydrogens (tertiary/aromatic N) is 1. The zero-order valence-electron chi connectivity index (χ0n) is 10.9. The van der Waals surface area contributed by atoms with Crippen molar-refractivity contribution in [2.24, 2.45) is 0 Å². The molecule has 0 spiro atoms. The first kappa shape index (κ1) is 13.7. The Kier molecular flexibility index (Phi) is 4.70. The SMILES string of the molecule is C=C(C)C(=O)C[B][N+](C)(C)Cc1ccccc1. The number of allylic oxidation sites excluding steroid dienone is 1. The average molecular weight is 229 g/mol. The van der Waals surface area contributed by atoms with Gasteiger partial charge >= 0.3 is 7.41 Å². The Bertz CT molecular complexity index is 398. The maximum absolute atomic E-state index is 11.5. The monoisotopic (exact) mass is 229 g/mol. The van der Waals surface area contributed by atoms with Gasteiger partial charge in [0.15, 0.2) is 5.78 Å². The number of hydrogen-bond acceptors (Lipinski definition) is 1. The third-order valence-electron chi connectivity index (χ3n) is 2.68. The molecule has 0 heterocycles. The summed E-state index contributed by atoms with van der Waals surface area (Å²) in [7, 11) is 6.22. The summed E-state index contributed by atoms with van der Waals surface area (Å²) in [5, 5.41) is 0. The molecular formula is C14H20BNO+. The molecule has 0 aliphatic carbocycles. The predicted octanol–water partition coefficient (Wildman–Crippen LogP) is 2.45. The first-order valence-corrected chi connectivity index (χ1v) is 5.80. The van der Waals surface area contributed by atoms with Gasteiger partial charge in [0.2, 0.25) is 0 Å². The fourth-order valence-electron chi connectivity index (χ4n) is 1.62. The molecule has 17 heavy (non-hydrogen) atoms. The summed E-state index contributed by atoms with van der Waals surface area (Å²) >= 11 is 0. The molecule has 2 nitrogen and oxygen atoms in total. The van der Waals surface area contributed by atoms with Gasteiger partial charge in [0.05, 0.1) is 6.54 Å². The van der Waals surface area contributed by atoms with Crippen molar-refractivity contribution in [2.45, 2.75) is 19.8 Å². The number of hydrogen-bond donors (Lipinski definition) is 0. The Morgan fingerprint density at radius 1 is 1.29 bits per heavy atom. The lowest BCUT2D eigenvalue weighted by Crippen LogP contribution is -2.43. The number of benzene rings is 1. The number of ketones is 1. The smallest absolute Gasteiger partial charge is 0.396 e. The van der Waals surface area contributed by atoms with Crippen LogP contribution < -0.4 is 0 Å². The fraction of sp³-hybridized carbons (Fsp3) is 0.357. The zero-order chi connectivity index (χ0) is 12.9. The molecule has 0 N–H and O–H groups in total. The van der Waals surface area contributed by atoms with Crippen molar-refractivity contribution in [3.8, 4) is 0 Å². The van der Waals surface area contributed by atoms with E-state index < -0.39 is 0 Å². The van der Waals surface area contributed by atoms with Gasteiger partial charge in [-0.2, -0.15) is 0 Å². The first-order valence-electron chi connectivity index (χ1n) is 5.80. The van der Waals surface area contributed by atoms with Crippen LogP contribution >= 0.6 is 0 Å². The average Bonchev–Trinajstić information content (AvgIpc) is 2.26. The van der Waals surface area contributed by atoms with Gasteiger partial charge in [0, 0.05) is 26.0 Å². The molecule has 1 aromatic carbocycles. The minimum atomic E-state index is 0.115. The van der Waals surface area contributed by atoms with Gasteiger partial charge in [-0.1, -0.05) is 36.9 Å². The van der Waals surface area contributed by atoms with Gasteiger partial charge in [-0.3, -0.25) is 4.79 Å². The van der Waals surface area contributed by atoms with Crippen LogP contribution in [0.4, 0.5) is 0 Å². The standard InChI is InChI=1S/C14H20BNO/c1-12(2)14(17)10-15-16(3,4)11-13-8-6-5-7-9-13/h5-9H,1,10-11H2,2-4H3/q+1. The molecule has 0 bridgehead atoms. The normalized spacial score (nSPS) is 11.0. The van der Waals surface area contributed by atoms with Crippen LogP contribution in [-0.2, 0) is 11.3 Å². The van der Waals surface area contributed by atoms with E-state index in [9.17, 15) is 4.79 Å². The van der Waals surface area contributed by atoms with Crippen molar-refractivity contribution in [3.63, 3.8) is 0 Å². The second-order valence-electron chi connectivity index (χ2n) is 5.01. The third kappa shape index (κ3) is 5.00. The van der Waals surface area contributed by atoms with Gasteiger partial charge in [0.1, 0.15) is 0 Å². The molecule has 0 aliphatic heterocycles. The van der Waals surface area contributed by atoms with Gasteiger partial charge in [0.25, 0.3) is 0 Å². The molecule has 1 radical (unpaired) electrons. The number of carbonyl (C=O) groups excluding carboxylic acids is 1. The minimum absolute atomic E-state index is 0.115. The van der Waals surface area contributed by atoms with E-state index in [4.69, 9.17) is 0 Å². The Morgan fingerprint density at radius 2 is 1.88 bits per heavy atom. The topological polar surface area (TPSA) is 17.1 Å². The molecule has 0 saturated carbocycles. The predicted molar refractivity (Wildman–Crippen MR) is 72.6 cm³/mol. The second-order valence-corrected chi connectivity index (χ2v) is 5.01. The number of carbonyl (C=O) groups is 1. The third-order valence-corrected chi connectivity index (χ3v) is 2.68. The summed E-state index contributed by atoms with van der Waals surface area (Å²) in [6.45, 7) is 6.31. The van der Waals surface area contributed by atoms with E-state index >= 15 is 0 Å². The lowest BCUT2D eigenvalue weighted by atomic mass is 9.79. The van der Waals surface area contributed by atoms with Crippen LogP contribution in [0.5, 0.6) is 0 Å². The summed E-state index contributed by atoms with van der Waals surface area (Å²) < 4.78 is 0.697. The van der Waals surface area contributed by atoms with E-state index in [1.165, 1.54) is 5.56 Å². The molecule has 0 aromatic heterocycles. The van der Waals surface area contributed by atoms with Crippen LogP contribution in [0.25, 0.3) is 0 Å². The summed E-state index contributed by atoms with van der Waals surface area (Å²) in [4.78, 5) is 11.5. The maximum atomic E-state index is 11.5. The quantitative estimate of drug-likeness (QED) is 0.541. The Morgan fingerprint density at radius 3 is 2.41 bits per heavy atom. The number of rotatable bonds is 6. The lowest BCUT2D eigenvalue weighted by molar-refractivity contribution is -0.793. The largest absolute Gasteiger partial charge is 0.454 e. The Balaban J connectivity index is 2.52. The van der Waals surface area contributed by atoms with Crippen molar-refractivity contribution in [1.29, 1.82) is 0 Å². The summed E-state index contributed by atoms with van der Waals surface area (Å²) in [6.07, 6.45) is 0.454. The van der Waals surface area contributed by atoms with E-state index in [1.807, 2.05) is 25.6 Å². The van der Waals surface area contributed by atoms with E-state index in [2.05, 4.69) is 32.8 Å². The maximum Gasteiger partial charge on any atom is 0.454 e. The van der Waals surface area contributed by atoms with E-state index in [1.54, 1.807) is 6.92 Å². The molecule has 0 unspecified atom stereocenters. The van der Waals surface area contributed by atoms with Crippen LogP contribution in [0.15, 0.2) is 42.5 Å². The van der Waals surface area contributed by atoms with Crippen molar-refractivity contribution < 1.29 is 9.19 Å². The minimum Gasteiger partial charge on any atom is -0.396 e. The molecule has 1 rings (SSSR count). The lowest BCUT2D eigenvalue weighted by Gasteiger charge is -2.29. The van der Waals surface area contributed by atoms with Crippen molar-refractivity contribution in [1.82, 2.24) is 0 Å². The Labute approximate surface area is 105 Å². The van der Waals surface area contributed by atoms with Crippen LogP contribution in [-0.4, -0.2) is 31.7 Å². The van der Waals surface area contributed by atoms with Crippen LogP contribution in [0.1, 0.15) is 12.5 Å². The van der Waals surface area contributed by atoms with E-state index in [0.717, 1.165) is 6.54 Å². The molecule has 0 amide bonds. The van der Waals surface area contributed by atoms with E-state index in [-0.39, 0.29) is 5.78 Å². The number of quaternary nitrogens is 1. The summed E-state index contributed by atoms with van der Waals surface area (Å²) in [5.41, 5.74) is 1.90. The van der Waals surface area contributed by atoms with Crippen molar-refractivity contribution in [2.75, 3.05) is 14.1 Å². The second kappa shape index (κ2) is 5.83. The molecule has 0 atom stereocenters. The van der Waals surface area contributed by atoms with E-state index in [0.29, 0.717) is 16.3 Å². The molecule has 0 fully saturated rings. The van der Waals surface area contributed by atoms with Crippen LogP contribution in [0, 0.1) is 0 Å². The molecule has 1 aromatic rings. The zero-order valence-corrected chi connectivity index (χ0v) is 10.9. The number of Topliss-reactive ketones (excluding diaryl/α,β-unsaturated/α-hetero) is 1. The van der Waals surface area contributed by atoms with Crippen LogP contribution in [0.2, 0.25) is 6.32 Å². The van der Waals surface area contributed by atoms with Crippen LogP contribution in [0.3, 0.4) is 0 Å². The summed E-state index contributed by atoms with van der Waals surface area (Å²) in [5.74, 6) is 0.115. The van der Waals surface area contributed by atoms with Crippen molar-refractivity contribution >= 4 is 13.2 Å². The summed E-state index contributed by atoms with van der Waals surface area (Å²) in [6, 6.07) is 10.3. The van der Waals surface area contributed by atoms with Gasteiger partial charge in [-0.25, -0.2) is 0 Å². The highest BCUT2D eigenvalue weighted by Gasteiger charge is 2.22. The Hall–Kier alpha value is -1.35. The molecule has 0 saturated heterocycles. The molecule has 3 heteroatoms. The van der Waals surface area contributed by atoms with Gasteiger partial charge in [-0.05, 0) is 12.5 Å². The van der Waals surface area contributed by atoms with Gasteiger partial charge in [-0.15, -0.1) is 0 Å². The molecule has 89 valence electrons. The highest BCUT2D eigenvalue weighted by Crippen LogP contribution is 2.09. The molecular weight excluding hydrogens is 209 g/mol. The first-order chi connectivity index (χ1) is 7.91. The molecule has 0 aliphatic rings.